The maximum absolute atomic E-state index is 12.7. The van der Waals surface area contributed by atoms with Crippen LogP contribution in [0, 0.1) is 0 Å². The van der Waals surface area contributed by atoms with Crippen LogP contribution in [-0.2, 0) is 11.2 Å². The van der Waals surface area contributed by atoms with E-state index in [9.17, 15) is 4.79 Å². The van der Waals surface area contributed by atoms with Gasteiger partial charge in [0.15, 0.2) is 0 Å². The van der Waals surface area contributed by atoms with Crippen molar-refractivity contribution in [2.75, 3.05) is 11.9 Å². The van der Waals surface area contributed by atoms with Gasteiger partial charge in [-0.1, -0.05) is 26.0 Å². The van der Waals surface area contributed by atoms with Crippen LogP contribution in [0.3, 0.4) is 0 Å². The zero-order valence-corrected chi connectivity index (χ0v) is 13.6. The molecule has 3 nitrogen and oxygen atoms in total. The van der Waals surface area contributed by atoms with Crippen LogP contribution in [0.25, 0.3) is 0 Å². The summed E-state index contributed by atoms with van der Waals surface area (Å²) in [5.41, 5.74) is 2.35. The average molecular weight is 288 g/mol. The summed E-state index contributed by atoms with van der Waals surface area (Å²) in [5.74, 6) is 0.237. The van der Waals surface area contributed by atoms with Crippen LogP contribution in [0.2, 0.25) is 0 Å². The Morgan fingerprint density at radius 1 is 1.29 bits per heavy atom. The molecular weight excluding hydrogens is 260 g/mol. The molecule has 1 saturated heterocycles. The van der Waals surface area contributed by atoms with E-state index < -0.39 is 0 Å². The zero-order valence-electron chi connectivity index (χ0n) is 13.6. The van der Waals surface area contributed by atoms with E-state index in [2.05, 4.69) is 48.3 Å². The highest BCUT2D eigenvalue weighted by molar-refractivity contribution is 5.84. The number of benzene rings is 1. The summed E-state index contributed by atoms with van der Waals surface area (Å²) in [6, 6.07) is 8.64. The van der Waals surface area contributed by atoms with Gasteiger partial charge in [-0.25, -0.2) is 0 Å². The summed E-state index contributed by atoms with van der Waals surface area (Å²) in [6.45, 7) is 7.21. The molecule has 2 unspecified atom stereocenters. The maximum Gasteiger partial charge on any atom is 0.245 e. The Morgan fingerprint density at radius 2 is 2.00 bits per heavy atom. The molecule has 1 aliphatic rings. The van der Waals surface area contributed by atoms with Gasteiger partial charge < -0.3 is 10.2 Å². The second kappa shape index (κ2) is 7.48. The molecule has 1 heterocycles. The maximum atomic E-state index is 12.7. The Balaban J connectivity index is 1.97. The van der Waals surface area contributed by atoms with Crippen molar-refractivity contribution in [2.24, 2.45) is 0 Å². The van der Waals surface area contributed by atoms with Gasteiger partial charge in [0.25, 0.3) is 0 Å². The van der Waals surface area contributed by atoms with Gasteiger partial charge in [0.2, 0.25) is 5.91 Å². The fourth-order valence-corrected chi connectivity index (χ4v) is 3.11. The highest BCUT2D eigenvalue weighted by Gasteiger charge is 2.28. The number of likely N-dealkylation sites (tertiary alicyclic amines) is 1. The fraction of sp³-hybridized carbons (Fsp3) is 0.611. The number of amides is 1. The molecule has 0 spiro atoms. The van der Waals surface area contributed by atoms with E-state index >= 15 is 0 Å². The molecule has 0 aliphatic carbocycles. The second-order valence-corrected chi connectivity index (χ2v) is 6.01. The van der Waals surface area contributed by atoms with Crippen LogP contribution in [0.1, 0.15) is 52.0 Å². The minimum Gasteiger partial charge on any atom is -0.374 e. The number of hydrogen-bond donors (Lipinski definition) is 1. The first-order chi connectivity index (χ1) is 10.2. The van der Waals surface area contributed by atoms with Crippen LogP contribution < -0.4 is 5.32 Å². The van der Waals surface area contributed by atoms with E-state index in [4.69, 9.17) is 0 Å². The number of anilines is 1. The summed E-state index contributed by atoms with van der Waals surface area (Å²) >= 11 is 0. The Hall–Kier alpha value is -1.51. The minimum atomic E-state index is -0.162. The topological polar surface area (TPSA) is 32.3 Å². The van der Waals surface area contributed by atoms with Gasteiger partial charge in [0.05, 0.1) is 0 Å². The molecule has 0 radical (unpaired) electrons. The fourth-order valence-electron chi connectivity index (χ4n) is 3.11. The third-order valence-corrected chi connectivity index (χ3v) is 4.50. The third-order valence-electron chi connectivity index (χ3n) is 4.50. The molecule has 1 aliphatic heterocycles. The Bertz CT molecular complexity index is 455. The van der Waals surface area contributed by atoms with Crippen molar-refractivity contribution in [1.82, 2.24) is 4.90 Å². The van der Waals surface area contributed by atoms with Crippen molar-refractivity contribution >= 4 is 11.6 Å². The number of rotatable bonds is 5. The second-order valence-electron chi connectivity index (χ2n) is 6.01. The minimum absolute atomic E-state index is 0.162. The van der Waals surface area contributed by atoms with Crippen LogP contribution in [0.15, 0.2) is 24.3 Å². The van der Waals surface area contributed by atoms with E-state index in [1.807, 2.05) is 6.92 Å². The number of piperidine rings is 1. The lowest BCUT2D eigenvalue weighted by Crippen LogP contribution is -2.49. The predicted octanol–water partition coefficient (Wildman–Crippen LogP) is 3.84. The molecule has 1 amide bonds. The molecule has 2 rings (SSSR count). The summed E-state index contributed by atoms with van der Waals surface area (Å²) < 4.78 is 0. The highest BCUT2D eigenvalue weighted by atomic mass is 16.2. The quantitative estimate of drug-likeness (QED) is 0.893. The van der Waals surface area contributed by atoms with Crippen LogP contribution in [0.5, 0.6) is 0 Å². The smallest absolute Gasteiger partial charge is 0.245 e. The van der Waals surface area contributed by atoms with Crippen molar-refractivity contribution in [2.45, 2.75) is 65.0 Å². The lowest BCUT2D eigenvalue weighted by Gasteiger charge is -2.37. The lowest BCUT2D eigenvalue weighted by molar-refractivity contribution is -0.135. The van der Waals surface area contributed by atoms with E-state index in [0.29, 0.717) is 6.04 Å². The Labute approximate surface area is 128 Å². The van der Waals surface area contributed by atoms with E-state index in [0.717, 1.165) is 37.9 Å². The van der Waals surface area contributed by atoms with Gasteiger partial charge in [-0.05, 0) is 56.7 Å². The van der Waals surface area contributed by atoms with Gasteiger partial charge in [-0.3, -0.25) is 4.79 Å². The molecule has 21 heavy (non-hydrogen) atoms. The molecule has 0 bridgehead atoms. The van der Waals surface area contributed by atoms with Crippen LogP contribution in [0.4, 0.5) is 5.69 Å². The van der Waals surface area contributed by atoms with E-state index in [1.54, 1.807) is 0 Å². The SMILES string of the molecule is CCc1ccc(NC(C)C(=O)N2CCCCC2CC)cc1. The molecule has 0 aromatic heterocycles. The van der Waals surface area contributed by atoms with Crippen molar-refractivity contribution in [3.63, 3.8) is 0 Å². The van der Waals surface area contributed by atoms with E-state index in [1.165, 1.54) is 12.0 Å². The summed E-state index contributed by atoms with van der Waals surface area (Å²) in [5, 5.41) is 3.34. The van der Waals surface area contributed by atoms with Crippen molar-refractivity contribution in [3.8, 4) is 0 Å². The van der Waals surface area contributed by atoms with Crippen molar-refractivity contribution in [3.05, 3.63) is 29.8 Å². The largest absolute Gasteiger partial charge is 0.374 e. The predicted molar refractivity (Wildman–Crippen MR) is 88.5 cm³/mol. The lowest BCUT2D eigenvalue weighted by atomic mass is 9.99. The highest BCUT2D eigenvalue weighted by Crippen LogP contribution is 2.21. The Morgan fingerprint density at radius 3 is 2.62 bits per heavy atom. The molecule has 0 saturated carbocycles. The van der Waals surface area contributed by atoms with Crippen molar-refractivity contribution in [1.29, 1.82) is 0 Å². The number of carbonyl (C=O) groups is 1. The molecule has 2 atom stereocenters. The number of nitrogens with zero attached hydrogens (tertiary/aromatic N) is 1. The molecular formula is C18H28N2O. The standard InChI is InChI=1S/C18H28N2O/c1-4-15-9-11-16(12-10-15)19-14(3)18(21)20-13-7-6-8-17(20)5-2/h9-12,14,17,19H,4-8,13H2,1-3H3. The number of carbonyl (C=O) groups excluding carboxylic acids is 1. The van der Waals surface area contributed by atoms with Crippen LogP contribution >= 0.6 is 0 Å². The summed E-state index contributed by atoms with van der Waals surface area (Å²) in [4.78, 5) is 14.7. The van der Waals surface area contributed by atoms with Gasteiger partial charge in [-0.15, -0.1) is 0 Å². The first-order valence-corrected chi connectivity index (χ1v) is 8.31. The zero-order chi connectivity index (χ0) is 15.2. The molecule has 1 fully saturated rings. The third kappa shape index (κ3) is 3.99. The van der Waals surface area contributed by atoms with Gasteiger partial charge >= 0.3 is 0 Å². The number of nitrogens with one attached hydrogen (secondary N) is 1. The number of aryl methyl sites for hydroxylation is 1. The molecule has 116 valence electrons. The first-order valence-electron chi connectivity index (χ1n) is 8.31. The Kier molecular flexibility index (Phi) is 5.66. The summed E-state index contributed by atoms with van der Waals surface area (Å²) in [7, 11) is 0. The van der Waals surface area contributed by atoms with Crippen molar-refractivity contribution < 1.29 is 4.79 Å². The average Bonchev–Trinajstić information content (AvgIpc) is 2.54. The van der Waals surface area contributed by atoms with Gasteiger partial charge in [0, 0.05) is 18.3 Å². The summed E-state index contributed by atoms with van der Waals surface area (Å²) in [6.07, 6.45) is 5.65. The molecule has 1 aromatic carbocycles. The normalized spacial score (nSPS) is 20.1. The monoisotopic (exact) mass is 288 g/mol. The van der Waals surface area contributed by atoms with Crippen LogP contribution in [-0.4, -0.2) is 29.4 Å². The molecule has 1 aromatic rings. The first kappa shape index (κ1) is 15.9. The number of hydrogen-bond acceptors (Lipinski definition) is 2. The van der Waals surface area contributed by atoms with Gasteiger partial charge in [-0.2, -0.15) is 0 Å². The van der Waals surface area contributed by atoms with Gasteiger partial charge in [0.1, 0.15) is 6.04 Å². The van der Waals surface area contributed by atoms with E-state index in [-0.39, 0.29) is 11.9 Å². The molecule has 1 N–H and O–H groups in total. The molecule has 3 heteroatoms.